The SMILES string of the molecule is COC(=O)COc1ccc2oc(C(=O)Nc3ccc(Cl)cn3)c(N)c2c1. The maximum absolute atomic E-state index is 12.4. The number of ether oxygens (including phenoxy) is 2. The average molecular weight is 376 g/mol. The number of halogens is 1. The van der Waals surface area contributed by atoms with E-state index < -0.39 is 11.9 Å². The number of anilines is 2. The number of hydrogen-bond acceptors (Lipinski definition) is 7. The fourth-order valence-electron chi connectivity index (χ4n) is 2.18. The summed E-state index contributed by atoms with van der Waals surface area (Å²) in [6.45, 7) is -0.241. The molecule has 0 unspecified atom stereocenters. The van der Waals surface area contributed by atoms with Gasteiger partial charge >= 0.3 is 5.97 Å². The first-order chi connectivity index (χ1) is 12.5. The van der Waals surface area contributed by atoms with Gasteiger partial charge in [-0.3, -0.25) is 4.79 Å². The Kier molecular flexibility index (Phi) is 4.94. The summed E-state index contributed by atoms with van der Waals surface area (Å²) in [5.74, 6) is -0.420. The van der Waals surface area contributed by atoms with Crippen LogP contribution < -0.4 is 15.8 Å². The first kappa shape index (κ1) is 17.6. The average Bonchev–Trinajstić information content (AvgIpc) is 2.98. The summed E-state index contributed by atoms with van der Waals surface area (Å²) in [5, 5.41) is 3.51. The number of esters is 1. The van der Waals surface area contributed by atoms with Crippen molar-refractivity contribution >= 4 is 46.0 Å². The standard InChI is InChI=1S/C17H14ClN3O5/c1-24-14(22)8-25-10-3-4-12-11(6-10)15(19)16(26-12)17(23)21-13-5-2-9(18)7-20-13/h2-7H,8,19H2,1H3,(H,20,21,23). The molecule has 1 aromatic carbocycles. The molecule has 0 fully saturated rings. The highest BCUT2D eigenvalue weighted by Gasteiger charge is 2.19. The summed E-state index contributed by atoms with van der Waals surface area (Å²) in [4.78, 5) is 27.5. The molecule has 3 aromatic rings. The van der Waals surface area contributed by atoms with E-state index in [9.17, 15) is 9.59 Å². The van der Waals surface area contributed by atoms with Crippen LogP contribution in [-0.2, 0) is 9.53 Å². The molecular formula is C17H14ClN3O5. The van der Waals surface area contributed by atoms with E-state index >= 15 is 0 Å². The second-order valence-electron chi connectivity index (χ2n) is 5.18. The number of methoxy groups -OCH3 is 1. The maximum Gasteiger partial charge on any atom is 0.343 e. The number of carbonyl (C=O) groups is 2. The molecular weight excluding hydrogens is 362 g/mol. The zero-order valence-corrected chi connectivity index (χ0v) is 14.4. The van der Waals surface area contributed by atoms with Crippen LogP contribution in [0, 0.1) is 0 Å². The largest absolute Gasteiger partial charge is 0.482 e. The lowest BCUT2D eigenvalue weighted by molar-refractivity contribution is -0.142. The Labute approximate surface area is 152 Å². The predicted octanol–water partition coefficient (Wildman–Crippen LogP) is 2.87. The van der Waals surface area contributed by atoms with Crippen LogP contribution >= 0.6 is 11.6 Å². The van der Waals surface area contributed by atoms with Crippen LogP contribution in [0.25, 0.3) is 11.0 Å². The number of nitrogens with one attached hydrogen (secondary N) is 1. The monoisotopic (exact) mass is 375 g/mol. The molecule has 0 spiro atoms. The Morgan fingerprint density at radius 3 is 2.81 bits per heavy atom. The minimum atomic E-state index is -0.550. The Hall–Kier alpha value is -3.26. The molecule has 9 heteroatoms. The zero-order valence-electron chi connectivity index (χ0n) is 13.6. The van der Waals surface area contributed by atoms with Crippen LogP contribution in [0.4, 0.5) is 11.5 Å². The number of pyridine rings is 1. The number of nitrogen functional groups attached to an aromatic ring is 1. The minimum Gasteiger partial charge on any atom is -0.482 e. The van der Waals surface area contributed by atoms with Crippen molar-refractivity contribution in [3.8, 4) is 5.75 Å². The number of nitrogens with two attached hydrogens (primary N) is 1. The van der Waals surface area contributed by atoms with Gasteiger partial charge in [-0.25, -0.2) is 9.78 Å². The quantitative estimate of drug-likeness (QED) is 0.658. The van der Waals surface area contributed by atoms with Crippen LogP contribution in [0.15, 0.2) is 40.9 Å². The van der Waals surface area contributed by atoms with Gasteiger partial charge in [0.2, 0.25) is 5.76 Å². The van der Waals surface area contributed by atoms with Gasteiger partial charge in [-0.15, -0.1) is 0 Å². The van der Waals surface area contributed by atoms with Crippen molar-refractivity contribution in [2.45, 2.75) is 0 Å². The molecule has 8 nitrogen and oxygen atoms in total. The highest BCUT2D eigenvalue weighted by Crippen LogP contribution is 2.31. The summed E-state index contributed by atoms with van der Waals surface area (Å²) < 4.78 is 15.3. The molecule has 0 aliphatic carbocycles. The number of nitrogens with zero attached hydrogens (tertiary/aromatic N) is 1. The van der Waals surface area contributed by atoms with Gasteiger partial charge in [-0.05, 0) is 30.3 Å². The molecule has 1 amide bonds. The van der Waals surface area contributed by atoms with Crippen molar-refractivity contribution in [3.05, 3.63) is 47.3 Å². The van der Waals surface area contributed by atoms with E-state index in [2.05, 4.69) is 15.0 Å². The number of rotatable bonds is 5. The molecule has 0 aliphatic heterocycles. The van der Waals surface area contributed by atoms with Crippen molar-refractivity contribution in [2.24, 2.45) is 0 Å². The first-order valence-electron chi connectivity index (χ1n) is 7.42. The molecule has 134 valence electrons. The Balaban J connectivity index is 1.82. The molecule has 0 bridgehead atoms. The Morgan fingerprint density at radius 1 is 1.31 bits per heavy atom. The van der Waals surface area contributed by atoms with Crippen molar-refractivity contribution < 1.29 is 23.5 Å². The van der Waals surface area contributed by atoms with Gasteiger partial charge in [0.1, 0.15) is 17.2 Å². The summed E-state index contributed by atoms with van der Waals surface area (Å²) >= 11 is 5.76. The lowest BCUT2D eigenvalue weighted by atomic mass is 10.2. The van der Waals surface area contributed by atoms with Crippen molar-refractivity contribution in [1.82, 2.24) is 4.98 Å². The maximum atomic E-state index is 12.4. The zero-order chi connectivity index (χ0) is 18.7. The summed E-state index contributed by atoms with van der Waals surface area (Å²) in [6.07, 6.45) is 1.41. The number of fused-ring (bicyclic) bond motifs is 1. The smallest absolute Gasteiger partial charge is 0.343 e. The van der Waals surface area contributed by atoms with Gasteiger partial charge in [0, 0.05) is 11.6 Å². The summed E-state index contributed by atoms with van der Waals surface area (Å²) in [6, 6.07) is 7.91. The third-order valence-corrected chi connectivity index (χ3v) is 3.68. The fraction of sp³-hybridized carbons (Fsp3) is 0.118. The number of benzene rings is 1. The van der Waals surface area contributed by atoms with Gasteiger partial charge in [0.25, 0.3) is 5.91 Å². The van der Waals surface area contributed by atoms with Crippen molar-refractivity contribution in [1.29, 1.82) is 0 Å². The van der Waals surface area contributed by atoms with E-state index in [0.717, 1.165) is 0 Å². The van der Waals surface area contributed by atoms with E-state index in [1.165, 1.54) is 13.3 Å². The number of aromatic nitrogens is 1. The lowest BCUT2D eigenvalue weighted by Crippen LogP contribution is -2.13. The fourth-order valence-corrected chi connectivity index (χ4v) is 2.29. The van der Waals surface area contributed by atoms with Crippen LogP contribution in [0.3, 0.4) is 0 Å². The van der Waals surface area contributed by atoms with E-state index in [4.69, 9.17) is 26.5 Å². The predicted molar refractivity (Wildman–Crippen MR) is 95.3 cm³/mol. The number of carbonyl (C=O) groups excluding carboxylic acids is 2. The van der Waals surface area contributed by atoms with E-state index in [-0.39, 0.29) is 18.1 Å². The van der Waals surface area contributed by atoms with Crippen molar-refractivity contribution in [2.75, 3.05) is 24.8 Å². The Bertz CT molecular complexity index is 968. The number of furan rings is 1. The molecule has 2 heterocycles. The Morgan fingerprint density at radius 2 is 2.12 bits per heavy atom. The molecule has 2 aromatic heterocycles. The van der Waals surface area contributed by atoms with Crippen LogP contribution in [-0.4, -0.2) is 30.6 Å². The van der Waals surface area contributed by atoms with Gasteiger partial charge in [-0.2, -0.15) is 0 Å². The number of amides is 1. The molecule has 0 aliphatic rings. The number of hydrogen-bond donors (Lipinski definition) is 2. The second kappa shape index (κ2) is 7.32. The molecule has 3 rings (SSSR count). The van der Waals surface area contributed by atoms with Gasteiger partial charge in [0.15, 0.2) is 6.61 Å². The van der Waals surface area contributed by atoms with Crippen LogP contribution in [0.1, 0.15) is 10.6 Å². The van der Waals surface area contributed by atoms with Crippen LogP contribution in [0.2, 0.25) is 5.02 Å². The van der Waals surface area contributed by atoms with E-state index in [1.54, 1.807) is 30.3 Å². The highest BCUT2D eigenvalue weighted by atomic mass is 35.5. The molecule has 0 radical (unpaired) electrons. The molecule has 3 N–H and O–H groups in total. The molecule has 0 atom stereocenters. The lowest BCUT2D eigenvalue weighted by Gasteiger charge is -2.04. The van der Waals surface area contributed by atoms with Crippen LogP contribution in [0.5, 0.6) is 5.75 Å². The highest BCUT2D eigenvalue weighted by molar-refractivity contribution is 6.30. The summed E-state index contributed by atoms with van der Waals surface area (Å²) in [7, 11) is 1.27. The molecule has 0 saturated carbocycles. The van der Waals surface area contributed by atoms with Gasteiger partial charge < -0.3 is 24.9 Å². The first-order valence-corrected chi connectivity index (χ1v) is 7.80. The summed E-state index contributed by atoms with van der Waals surface area (Å²) in [5.41, 5.74) is 6.58. The topological polar surface area (TPSA) is 117 Å². The van der Waals surface area contributed by atoms with Gasteiger partial charge in [0.05, 0.1) is 17.8 Å². The third kappa shape index (κ3) is 3.70. The second-order valence-corrected chi connectivity index (χ2v) is 5.62. The molecule has 26 heavy (non-hydrogen) atoms. The minimum absolute atomic E-state index is 0.0538. The normalized spacial score (nSPS) is 10.5. The third-order valence-electron chi connectivity index (χ3n) is 3.46. The molecule has 0 saturated heterocycles. The van der Waals surface area contributed by atoms with Gasteiger partial charge in [-0.1, -0.05) is 11.6 Å². The van der Waals surface area contributed by atoms with E-state index in [0.29, 0.717) is 27.6 Å². The van der Waals surface area contributed by atoms with E-state index in [1.807, 2.05) is 0 Å². The van der Waals surface area contributed by atoms with Crippen molar-refractivity contribution in [3.63, 3.8) is 0 Å².